The van der Waals surface area contributed by atoms with Gasteiger partial charge in [0.05, 0.1) is 11.3 Å². The molecule has 1 unspecified atom stereocenters. The zero-order valence-electron chi connectivity index (χ0n) is 18.0. The third-order valence-corrected chi connectivity index (χ3v) is 6.96. The molecule has 0 N–H and O–H groups in total. The Labute approximate surface area is 174 Å². The van der Waals surface area contributed by atoms with Crippen molar-refractivity contribution >= 4 is 11.8 Å². The van der Waals surface area contributed by atoms with Crippen LogP contribution in [-0.2, 0) is 11.8 Å². The number of rotatable bonds is 6. The van der Waals surface area contributed by atoms with Crippen molar-refractivity contribution in [3.05, 3.63) is 17.5 Å². The number of carbonyl (C=O) groups is 2. The first kappa shape index (κ1) is 20.4. The van der Waals surface area contributed by atoms with Crippen molar-refractivity contribution in [2.45, 2.75) is 57.9 Å². The van der Waals surface area contributed by atoms with E-state index in [2.05, 4.69) is 14.9 Å². The maximum absolute atomic E-state index is 13.2. The van der Waals surface area contributed by atoms with E-state index < -0.39 is 0 Å². The van der Waals surface area contributed by atoms with E-state index in [1.807, 2.05) is 25.1 Å². The number of carbonyl (C=O) groups excluding carboxylic acids is 2. The van der Waals surface area contributed by atoms with E-state index in [-0.39, 0.29) is 17.9 Å². The minimum atomic E-state index is 0.0517. The minimum absolute atomic E-state index is 0.0517. The second-order valence-corrected chi connectivity index (χ2v) is 9.06. The number of amides is 2. The minimum Gasteiger partial charge on any atom is -0.336 e. The Kier molecular flexibility index (Phi) is 6.23. The highest BCUT2D eigenvalue weighted by atomic mass is 16.2. The van der Waals surface area contributed by atoms with Crippen molar-refractivity contribution in [3.8, 4) is 0 Å². The lowest BCUT2D eigenvalue weighted by Crippen LogP contribution is -2.55. The average Bonchev–Trinajstić information content (AvgIpc) is 3.29. The van der Waals surface area contributed by atoms with Crippen molar-refractivity contribution in [2.24, 2.45) is 13.0 Å². The number of nitrogens with zero attached hydrogens (tertiary/aromatic N) is 5. The average molecular weight is 402 g/mol. The van der Waals surface area contributed by atoms with Crippen molar-refractivity contribution < 1.29 is 9.59 Å². The third-order valence-electron chi connectivity index (χ3n) is 6.96. The van der Waals surface area contributed by atoms with Gasteiger partial charge in [-0.1, -0.05) is 6.42 Å². The molecule has 3 fully saturated rings. The van der Waals surface area contributed by atoms with Crippen molar-refractivity contribution in [3.63, 3.8) is 0 Å². The molecule has 7 nitrogen and oxygen atoms in total. The van der Waals surface area contributed by atoms with Gasteiger partial charge >= 0.3 is 0 Å². The molecule has 0 radical (unpaired) electrons. The fraction of sp³-hybridized carbons (Fsp3) is 0.773. The first-order valence-corrected chi connectivity index (χ1v) is 11.4. The fourth-order valence-electron chi connectivity index (χ4n) is 4.99. The summed E-state index contributed by atoms with van der Waals surface area (Å²) in [5.41, 5.74) is 1.46. The highest BCUT2D eigenvalue weighted by molar-refractivity contribution is 5.95. The molecule has 29 heavy (non-hydrogen) atoms. The summed E-state index contributed by atoms with van der Waals surface area (Å²) < 4.78 is 1.70. The van der Waals surface area contributed by atoms with E-state index in [9.17, 15) is 9.59 Å². The molecule has 0 spiro atoms. The topological polar surface area (TPSA) is 61.7 Å². The van der Waals surface area contributed by atoms with E-state index in [1.54, 1.807) is 4.68 Å². The lowest BCUT2D eigenvalue weighted by Gasteiger charge is -2.42. The fourth-order valence-corrected chi connectivity index (χ4v) is 4.99. The molecule has 3 aliphatic rings. The summed E-state index contributed by atoms with van der Waals surface area (Å²) in [7, 11) is 1.85. The van der Waals surface area contributed by atoms with Crippen LogP contribution >= 0.6 is 0 Å². The van der Waals surface area contributed by atoms with Gasteiger partial charge in [-0.25, -0.2) is 0 Å². The number of piperidine rings is 1. The van der Waals surface area contributed by atoms with Gasteiger partial charge in [-0.3, -0.25) is 14.3 Å². The second kappa shape index (κ2) is 8.86. The van der Waals surface area contributed by atoms with Crippen LogP contribution in [0.3, 0.4) is 0 Å². The molecule has 1 aliphatic carbocycles. The van der Waals surface area contributed by atoms with E-state index in [4.69, 9.17) is 0 Å². The highest BCUT2D eigenvalue weighted by Crippen LogP contribution is 2.30. The molecule has 2 amide bonds. The van der Waals surface area contributed by atoms with Crippen molar-refractivity contribution in [1.82, 2.24) is 24.5 Å². The monoisotopic (exact) mass is 401 g/mol. The van der Waals surface area contributed by atoms with E-state index in [0.717, 1.165) is 64.1 Å². The zero-order valence-corrected chi connectivity index (χ0v) is 18.0. The van der Waals surface area contributed by atoms with Crippen LogP contribution in [0.15, 0.2) is 6.20 Å². The maximum atomic E-state index is 13.2. The van der Waals surface area contributed by atoms with Crippen LogP contribution in [0.25, 0.3) is 0 Å². The molecule has 1 aromatic heterocycles. The molecule has 160 valence electrons. The summed E-state index contributed by atoms with van der Waals surface area (Å²) in [4.78, 5) is 32.9. The molecule has 2 aliphatic heterocycles. The van der Waals surface area contributed by atoms with Crippen LogP contribution in [0.5, 0.6) is 0 Å². The van der Waals surface area contributed by atoms with E-state index in [1.165, 1.54) is 19.3 Å². The molecule has 1 aromatic rings. The zero-order chi connectivity index (χ0) is 20.4. The Morgan fingerprint density at radius 2 is 1.86 bits per heavy atom. The highest BCUT2D eigenvalue weighted by Gasteiger charge is 2.36. The quantitative estimate of drug-likeness (QED) is 0.732. The number of aryl methyl sites for hydroxylation is 2. The Bertz CT molecular complexity index is 736. The van der Waals surface area contributed by atoms with Crippen LogP contribution in [0.1, 0.15) is 61.0 Å². The first-order valence-electron chi connectivity index (χ1n) is 11.4. The Morgan fingerprint density at radius 3 is 2.48 bits per heavy atom. The van der Waals surface area contributed by atoms with Crippen LogP contribution in [-0.4, -0.2) is 81.6 Å². The Hall–Kier alpha value is -1.89. The van der Waals surface area contributed by atoms with Gasteiger partial charge in [-0.2, -0.15) is 5.10 Å². The molecule has 2 saturated heterocycles. The second-order valence-electron chi connectivity index (χ2n) is 9.06. The predicted octanol–water partition coefficient (Wildman–Crippen LogP) is 2.06. The summed E-state index contributed by atoms with van der Waals surface area (Å²) in [5.74, 6) is 0.586. The van der Waals surface area contributed by atoms with Crippen LogP contribution < -0.4 is 0 Å². The maximum Gasteiger partial charge on any atom is 0.257 e. The summed E-state index contributed by atoms with van der Waals surface area (Å²) in [6.07, 6.45) is 9.53. The lowest BCUT2D eigenvalue weighted by atomic mass is 9.83. The number of hydrogen-bond acceptors (Lipinski definition) is 4. The number of aromatic nitrogens is 2. The van der Waals surface area contributed by atoms with Gasteiger partial charge in [0.2, 0.25) is 5.91 Å². The number of hydrogen-bond donors (Lipinski definition) is 0. The summed E-state index contributed by atoms with van der Waals surface area (Å²) in [6, 6.07) is 0.139. The van der Waals surface area contributed by atoms with Gasteiger partial charge in [0.1, 0.15) is 0 Å². The molecule has 0 aromatic carbocycles. The van der Waals surface area contributed by atoms with Crippen molar-refractivity contribution in [1.29, 1.82) is 0 Å². The molecule has 3 heterocycles. The smallest absolute Gasteiger partial charge is 0.257 e. The van der Waals surface area contributed by atoms with Gasteiger partial charge in [0.25, 0.3) is 5.91 Å². The summed E-state index contributed by atoms with van der Waals surface area (Å²) >= 11 is 0. The van der Waals surface area contributed by atoms with Crippen LogP contribution in [0, 0.1) is 12.8 Å². The van der Waals surface area contributed by atoms with Crippen LogP contribution in [0.4, 0.5) is 0 Å². The lowest BCUT2D eigenvalue weighted by molar-refractivity contribution is -0.141. The molecule has 1 saturated carbocycles. The van der Waals surface area contributed by atoms with Gasteiger partial charge < -0.3 is 14.7 Å². The van der Waals surface area contributed by atoms with E-state index >= 15 is 0 Å². The van der Waals surface area contributed by atoms with Gasteiger partial charge in [0, 0.05) is 51.4 Å². The van der Waals surface area contributed by atoms with E-state index in [0.29, 0.717) is 18.0 Å². The third kappa shape index (κ3) is 4.49. The molecule has 1 atom stereocenters. The van der Waals surface area contributed by atoms with Gasteiger partial charge in [-0.15, -0.1) is 0 Å². The normalized spacial score (nSPS) is 23.2. The predicted molar refractivity (Wildman–Crippen MR) is 112 cm³/mol. The first-order chi connectivity index (χ1) is 14.0. The Morgan fingerprint density at radius 1 is 1.10 bits per heavy atom. The SMILES string of the molecule is Cc1nn(C)cc1C(=O)N1CCCC(N(CCN2CCCC2)C(=O)C2CCC2)C1. The van der Waals surface area contributed by atoms with Gasteiger partial charge in [0.15, 0.2) is 0 Å². The van der Waals surface area contributed by atoms with Crippen molar-refractivity contribution in [2.75, 3.05) is 39.3 Å². The standard InChI is InChI=1S/C22H35N5O2/c1-17-20(16-24(2)23-17)22(29)26-12-6-9-19(15-26)27(21(28)18-7-5-8-18)14-13-25-10-3-4-11-25/h16,18-19H,3-15H2,1-2H3. The molecular formula is C22H35N5O2. The van der Waals surface area contributed by atoms with Gasteiger partial charge in [-0.05, 0) is 58.5 Å². The summed E-state index contributed by atoms with van der Waals surface area (Å²) in [5, 5.41) is 4.32. The number of likely N-dealkylation sites (tertiary alicyclic amines) is 2. The molecule has 7 heteroatoms. The molecule has 0 bridgehead atoms. The molecule has 4 rings (SSSR count). The Balaban J connectivity index is 1.44. The summed E-state index contributed by atoms with van der Waals surface area (Å²) in [6.45, 7) is 7.37. The van der Waals surface area contributed by atoms with Crippen LogP contribution in [0.2, 0.25) is 0 Å². The molecular weight excluding hydrogens is 366 g/mol. The largest absolute Gasteiger partial charge is 0.336 e.